The smallest absolute Gasteiger partial charge is 0.294 e. The number of carbonyl (C=O) groups excluding carboxylic acids is 2. The van der Waals surface area contributed by atoms with Gasteiger partial charge in [-0.25, -0.2) is 0 Å². The minimum Gasteiger partial charge on any atom is -0.294 e. The van der Waals surface area contributed by atoms with Gasteiger partial charge in [0.25, 0.3) is 0 Å². The molecule has 0 aliphatic heterocycles. The van der Waals surface area contributed by atoms with Crippen molar-refractivity contribution in [3.05, 3.63) is 230 Å². The van der Waals surface area contributed by atoms with Crippen LogP contribution in [0.5, 0.6) is 0 Å². The number of alkyl halides is 24. The molecule has 1 heterocycles. The summed E-state index contributed by atoms with van der Waals surface area (Å²) in [6, 6.07) is 19.7. The topological polar surface area (TPSA) is 38.0 Å². The summed E-state index contributed by atoms with van der Waals surface area (Å²) in [6.45, 7) is 0.189. The number of Topliss-reactive ketones (excluding diaryl/α,β-unsaturated/α-hetero) is 2. The van der Waals surface area contributed by atoms with E-state index in [9.17, 15) is 115 Å². The molecule has 3 nitrogen and oxygen atoms in total. The summed E-state index contributed by atoms with van der Waals surface area (Å²) in [7, 11) is 0. The lowest BCUT2D eigenvalue weighted by atomic mass is 9.12. The van der Waals surface area contributed by atoms with Gasteiger partial charge in [0.15, 0.2) is 11.5 Å². The summed E-state index contributed by atoms with van der Waals surface area (Å²) < 4.78 is 344. The van der Waals surface area contributed by atoms with E-state index in [4.69, 9.17) is 0 Å². The van der Waals surface area contributed by atoms with Gasteiger partial charge in [-0.05, 0) is 48.5 Å². The van der Waals surface area contributed by atoms with Crippen molar-refractivity contribution in [2.75, 3.05) is 0 Å². The van der Waals surface area contributed by atoms with Crippen LogP contribution >= 0.6 is 15.9 Å². The fourth-order valence-corrected chi connectivity index (χ4v) is 9.74. The summed E-state index contributed by atoms with van der Waals surface area (Å²) in [6.07, 6.45) is -54.6. The molecule has 1 aromatic heterocycles. The number of halogens is 25. The fourth-order valence-electron chi connectivity index (χ4n) is 9.48. The van der Waals surface area contributed by atoms with Crippen LogP contribution in [-0.2, 0) is 62.4 Å². The molecule has 0 bridgehead atoms. The second-order valence-corrected chi connectivity index (χ2v) is 20.0. The normalized spacial score (nSPS) is 13.1. The van der Waals surface area contributed by atoms with Gasteiger partial charge in [-0.2, -0.15) is 132 Å². The molecule has 0 saturated heterocycles. The standard InChI is InChI=1S/C32H12BF24.C25H19BrNO2/c34-25(35,36)13-1-14(26(37,38)39)6-21(5-13)33(22-7-15(27(40,41)42)2-16(8-22)28(43,44)45,23-9-17(29(46,47)48)3-18(10-23)30(49,50)51)24-11-19(31(52,53)54)4-20(12-24)32(55,56)57;26-21-13-10-20(11-14-21)24(28)16-22-15-12-18-6-4-5-9-23(18)27(22)17-25(29)19-7-2-1-3-8-19/h1-12H;1-15H,16-17H2/q-1;+1. The lowest BCUT2D eigenvalue weighted by Gasteiger charge is -2.46. The molecule has 0 aliphatic rings. The molecule has 29 heteroatoms. The predicted octanol–water partition coefficient (Wildman–Crippen LogP) is 16.4. The molecule has 0 amide bonds. The van der Waals surface area contributed by atoms with Gasteiger partial charge >= 0.3 is 49.4 Å². The van der Waals surface area contributed by atoms with E-state index < -0.39 is 195 Å². The molecule has 0 N–H and O–H groups in total. The minimum absolute atomic E-state index is 0.0179. The third-order valence-corrected chi connectivity index (χ3v) is 13.9. The van der Waals surface area contributed by atoms with Crippen molar-refractivity contribution < 1.29 is 120 Å². The molecule has 0 saturated carbocycles. The number of fused-ring (bicyclic) bond motifs is 1. The first kappa shape index (κ1) is 65.7. The van der Waals surface area contributed by atoms with Gasteiger partial charge in [-0.3, -0.25) is 9.59 Å². The molecule has 0 unspecified atom stereocenters. The van der Waals surface area contributed by atoms with E-state index in [1.54, 1.807) is 0 Å². The molecule has 454 valence electrons. The second-order valence-electron chi connectivity index (χ2n) is 19.1. The van der Waals surface area contributed by atoms with Crippen LogP contribution < -0.4 is 26.4 Å². The summed E-state index contributed by atoms with van der Waals surface area (Å²) in [4.78, 5) is 25.7. The highest BCUT2D eigenvalue weighted by atomic mass is 79.9. The maximum atomic E-state index is 14.2. The van der Waals surface area contributed by atoms with E-state index in [-0.39, 0.29) is 24.5 Å². The molecule has 8 aromatic rings. The van der Waals surface area contributed by atoms with Crippen LogP contribution in [0.15, 0.2) is 168 Å². The quantitative estimate of drug-likeness (QED) is 0.0592. The van der Waals surface area contributed by atoms with Crippen LogP contribution in [0.3, 0.4) is 0 Å². The Bertz CT molecular complexity index is 3380. The van der Waals surface area contributed by atoms with Crippen molar-refractivity contribution in [1.82, 2.24) is 0 Å². The molecular formula is C57H31BBrF24NO2. The Morgan fingerprint density at radius 3 is 0.942 bits per heavy atom. The lowest BCUT2D eigenvalue weighted by Crippen LogP contribution is -2.75. The Morgan fingerprint density at radius 1 is 0.337 bits per heavy atom. The Labute approximate surface area is 476 Å². The highest BCUT2D eigenvalue weighted by molar-refractivity contribution is 9.10. The largest absolute Gasteiger partial charge is 0.416 e. The number of pyridine rings is 1. The van der Waals surface area contributed by atoms with Crippen LogP contribution in [-0.4, -0.2) is 17.7 Å². The summed E-state index contributed by atoms with van der Waals surface area (Å²) in [5.41, 5.74) is -27.1. The van der Waals surface area contributed by atoms with Crippen LogP contribution in [0.25, 0.3) is 10.9 Å². The van der Waals surface area contributed by atoms with E-state index >= 15 is 0 Å². The van der Waals surface area contributed by atoms with Gasteiger partial charge < -0.3 is 0 Å². The van der Waals surface area contributed by atoms with E-state index in [0.29, 0.717) is 11.1 Å². The average Bonchev–Trinajstić information content (AvgIpc) is 0.720. The molecule has 7 aromatic carbocycles. The van der Waals surface area contributed by atoms with Crippen LogP contribution in [0, 0.1) is 0 Å². The highest BCUT2D eigenvalue weighted by Crippen LogP contribution is 2.42. The predicted molar refractivity (Wildman–Crippen MR) is 267 cm³/mol. The highest BCUT2D eigenvalue weighted by Gasteiger charge is 2.47. The SMILES string of the molecule is FC(F)(F)c1cc([B-](c2cc(C(F)(F)F)cc(C(F)(F)F)c2)(c2cc(C(F)(F)F)cc(C(F)(F)F)c2)c2cc(C(F)(F)F)cc(C(F)(F)F)c2)cc(C(F)(F)F)c1.O=C(Cc1ccc2ccccc2[n+]1CC(=O)c1ccccc1)c1ccc(Br)cc1. The number of ketones is 2. The molecular weight excluding hydrogens is 1280 g/mol. The first-order valence-corrected chi connectivity index (χ1v) is 24.8. The lowest BCUT2D eigenvalue weighted by molar-refractivity contribution is -0.664. The number of aromatic nitrogens is 1. The minimum atomic E-state index is -6.13. The zero-order valence-corrected chi connectivity index (χ0v) is 43.9. The van der Waals surface area contributed by atoms with Crippen molar-refractivity contribution in [2.24, 2.45) is 0 Å². The van der Waals surface area contributed by atoms with Crippen LogP contribution in [0.2, 0.25) is 0 Å². The average molecular weight is 1310 g/mol. The molecule has 0 aliphatic carbocycles. The zero-order chi connectivity index (χ0) is 64.1. The molecule has 0 radical (unpaired) electrons. The number of benzene rings is 7. The number of para-hydroxylation sites is 1. The molecule has 0 atom stereocenters. The zero-order valence-electron chi connectivity index (χ0n) is 42.3. The molecule has 0 spiro atoms. The first-order chi connectivity index (χ1) is 39.4. The van der Waals surface area contributed by atoms with Gasteiger partial charge in [-0.1, -0.05) is 119 Å². The Balaban J connectivity index is 0.000000302. The number of carbonyl (C=O) groups is 2. The summed E-state index contributed by atoms with van der Waals surface area (Å²) >= 11 is 3.40. The van der Waals surface area contributed by atoms with E-state index in [2.05, 4.69) is 15.9 Å². The molecule has 86 heavy (non-hydrogen) atoms. The van der Waals surface area contributed by atoms with E-state index in [1.807, 2.05) is 95.6 Å². The van der Waals surface area contributed by atoms with Gasteiger partial charge in [0, 0.05) is 33.1 Å². The molecule has 0 fully saturated rings. The molecule has 8 rings (SSSR count). The van der Waals surface area contributed by atoms with Crippen molar-refractivity contribution in [2.45, 2.75) is 62.4 Å². The van der Waals surface area contributed by atoms with Gasteiger partial charge in [0.1, 0.15) is 6.15 Å². The van der Waals surface area contributed by atoms with Gasteiger partial charge in [0.05, 0.1) is 50.9 Å². The number of hydrogen-bond acceptors (Lipinski definition) is 2. The van der Waals surface area contributed by atoms with Crippen molar-refractivity contribution in [3.8, 4) is 0 Å². The monoisotopic (exact) mass is 1310 g/mol. The van der Waals surface area contributed by atoms with E-state index in [0.717, 1.165) is 21.1 Å². The van der Waals surface area contributed by atoms with Crippen molar-refractivity contribution in [3.63, 3.8) is 0 Å². The Kier molecular flexibility index (Phi) is 17.9. The number of rotatable bonds is 10. The van der Waals surface area contributed by atoms with Gasteiger partial charge in [-0.15, -0.1) is 0 Å². The second kappa shape index (κ2) is 23.4. The summed E-state index contributed by atoms with van der Waals surface area (Å²) in [5.74, 6) is 0.0398. The first-order valence-electron chi connectivity index (χ1n) is 24.0. The van der Waals surface area contributed by atoms with Crippen LogP contribution in [0.4, 0.5) is 105 Å². The third kappa shape index (κ3) is 14.9. The number of hydrogen-bond donors (Lipinski definition) is 0. The Hall–Kier alpha value is -7.85. The van der Waals surface area contributed by atoms with E-state index in [1.165, 1.54) is 0 Å². The van der Waals surface area contributed by atoms with Crippen molar-refractivity contribution >= 4 is 66.4 Å². The number of nitrogens with zero attached hydrogens (tertiary/aromatic N) is 1. The fraction of sp³-hybridized carbons (Fsp3) is 0.175. The van der Waals surface area contributed by atoms with Gasteiger partial charge in [0.2, 0.25) is 17.8 Å². The van der Waals surface area contributed by atoms with Crippen molar-refractivity contribution in [1.29, 1.82) is 0 Å². The maximum absolute atomic E-state index is 14.2. The maximum Gasteiger partial charge on any atom is 0.416 e. The van der Waals surface area contributed by atoms with Crippen LogP contribution in [0.1, 0.15) is 70.9 Å². The third-order valence-electron chi connectivity index (χ3n) is 13.4. The Morgan fingerprint density at radius 2 is 0.628 bits per heavy atom. The summed E-state index contributed by atoms with van der Waals surface area (Å²) in [5, 5.41) is 1.04.